The summed E-state index contributed by atoms with van der Waals surface area (Å²) in [4.78, 5) is 5.36. The lowest BCUT2D eigenvalue weighted by Gasteiger charge is -2.33. The maximum absolute atomic E-state index is 4.27. The highest BCUT2D eigenvalue weighted by molar-refractivity contribution is 4.99. The molecule has 1 aliphatic carbocycles. The van der Waals surface area contributed by atoms with E-state index in [-0.39, 0.29) is 0 Å². The van der Waals surface area contributed by atoms with Crippen molar-refractivity contribution in [3.63, 3.8) is 0 Å². The summed E-state index contributed by atoms with van der Waals surface area (Å²) in [6.45, 7) is 6.04. The molecule has 2 fully saturated rings. The van der Waals surface area contributed by atoms with E-state index in [4.69, 9.17) is 0 Å². The number of aryl methyl sites for hydroxylation is 1. The van der Waals surface area contributed by atoms with Gasteiger partial charge in [-0.15, -0.1) is 0 Å². The number of nitrogens with zero attached hydrogens (tertiary/aromatic N) is 4. The molecular weight excluding hydrogens is 248 g/mol. The normalized spacial score (nSPS) is 23.9. The van der Waals surface area contributed by atoms with Crippen LogP contribution in [0.2, 0.25) is 0 Å². The van der Waals surface area contributed by atoms with E-state index in [0.717, 1.165) is 12.6 Å². The quantitative estimate of drug-likeness (QED) is 0.846. The molecule has 0 spiro atoms. The minimum Gasteiger partial charge on any atom is -0.299 e. The molecule has 1 aromatic rings. The van der Waals surface area contributed by atoms with E-state index in [1.807, 2.05) is 17.9 Å². The van der Waals surface area contributed by atoms with Crippen molar-refractivity contribution in [2.75, 3.05) is 26.2 Å². The number of hydrogen-bond donors (Lipinski definition) is 0. The van der Waals surface area contributed by atoms with Gasteiger partial charge in [0.1, 0.15) is 0 Å². The summed E-state index contributed by atoms with van der Waals surface area (Å²) >= 11 is 0. The molecular formula is C16H28N4. The highest BCUT2D eigenvalue weighted by Crippen LogP contribution is 2.23. The van der Waals surface area contributed by atoms with Crippen LogP contribution in [0.1, 0.15) is 44.2 Å². The third-order valence-electron chi connectivity index (χ3n) is 5.02. The lowest BCUT2D eigenvalue weighted by molar-refractivity contribution is 0.158. The first-order valence-corrected chi connectivity index (χ1v) is 8.26. The minimum atomic E-state index is 0.875. The fraction of sp³-hybridized carbons (Fsp3) is 0.812. The Labute approximate surface area is 122 Å². The molecule has 112 valence electrons. The minimum absolute atomic E-state index is 0.875. The zero-order valence-corrected chi connectivity index (χ0v) is 12.8. The number of rotatable bonds is 3. The van der Waals surface area contributed by atoms with Crippen molar-refractivity contribution in [3.8, 4) is 0 Å². The molecule has 4 nitrogen and oxygen atoms in total. The molecule has 1 saturated heterocycles. The predicted molar refractivity (Wildman–Crippen MR) is 81.5 cm³/mol. The summed E-state index contributed by atoms with van der Waals surface area (Å²) < 4.78 is 2.00. The molecule has 0 radical (unpaired) electrons. The Balaban J connectivity index is 1.52. The van der Waals surface area contributed by atoms with E-state index >= 15 is 0 Å². The zero-order chi connectivity index (χ0) is 13.8. The van der Waals surface area contributed by atoms with Crippen molar-refractivity contribution in [2.24, 2.45) is 7.05 Å². The second-order valence-electron chi connectivity index (χ2n) is 6.40. The van der Waals surface area contributed by atoms with Crippen LogP contribution in [0.25, 0.3) is 0 Å². The van der Waals surface area contributed by atoms with E-state index in [1.54, 1.807) is 0 Å². The Morgan fingerprint density at radius 1 is 1.05 bits per heavy atom. The molecule has 0 unspecified atom stereocenters. The van der Waals surface area contributed by atoms with Gasteiger partial charge < -0.3 is 0 Å². The fourth-order valence-corrected chi connectivity index (χ4v) is 3.75. The van der Waals surface area contributed by atoms with Gasteiger partial charge in [-0.1, -0.05) is 19.3 Å². The molecule has 20 heavy (non-hydrogen) atoms. The van der Waals surface area contributed by atoms with Crippen LogP contribution in [0, 0.1) is 0 Å². The summed E-state index contributed by atoms with van der Waals surface area (Å²) in [6, 6.07) is 3.02. The third-order valence-corrected chi connectivity index (χ3v) is 5.02. The van der Waals surface area contributed by atoms with Crippen LogP contribution in [0.15, 0.2) is 12.3 Å². The van der Waals surface area contributed by atoms with E-state index in [9.17, 15) is 0 Å². The van der Waals surface area contributed by atoms with E-state index < -0.39 is 0 Å². The second-order valence-corrected chi connectivity index (χ2v) is 6.40. The van der Waals surface area contributed by atoms with Crippen molar-refractivity contribution < 1.29 is 0 Å². The van der Waals surface area contributed by atoms with Gasteiger partial charge in [-0.05, 0) is 38.4 Å². The van der Waals surface area contributed by atoms with Gasteiger partial charge in [-0.25, -0.2) is 0 Å². The standard InChI is InChI=1S/C16H28N4/c1-18-16(8-9-17-18)14-19-10-5-11-20(13-12-19)15-6-3-2-4-7-15/h8-9,15H,2-7,10-14H2,1H3. The summed E-state index contributed by atoms with van der Waals surface area (Å²) in [5.41, 5.74) is 1.33. The van der Waals surface area contributed by atoms with Crippen LogP contribution in [-0.4, -0.2) is 51.8 Å². The van der Waals surface area contributed by atoms with Gasteiger partial charge in [0.2, 0.25) is 0 Å². The summed E-state index contributed by atoms with van der Waals surface area (Å²) in [5, 5.41) is 4.27. The van der Waals surface area contributed by atoms with Gasteiger partial charge in [0.15, 0.2) is 0 Å². The highest BCUT2D eigenvalue weighted by Gasteiger charge is 2.23. The zero-order valence-electron chi connectivity index (χ0n) is 12.8. The van der Waals surface area contributed by atoms with Crippen LogP contribution in [0.3, 0.4) is 0 Å². The average molecular weight is 276 g/mol. The molecule has 1 aromatic heterocycles. The maximum Gasteiger partial charge on any atom is 0.0521 e. The SMILES string of the molecule is Cn1nccc1CN1CCCN(C2CCCCC2)CC1. The van der Waals surface area contributed by atoms with Crippen molar-refractivity contribution in [1.82, 2.24) is 19.6 Å². The molecule has 1 saturated carbocycles. The van der Waals surface area contributed by atoms with Gasteiger partial charge >= 0.3 is 0 Å². The lowest BCUT2D eigenvalue weighted by atomic mass is 9.94. The topological polar surface area (TPSA) is 24.3 Å². The molecule has 0 amide bonds. The van der Waals surface area contributed by atoms with Gasteiger partial charge in [0.05, 0.1) is 5.69 Å². The van der Waals surface area contributed by atoms with Gasteiger partial charge in [0, 0.05) is 38.9 Å². The smallest absolute Gasteiger partial charge is 0.0521 e. The van der Waals surface area contributed by atoms with Crippen LogP contribution < -0.4 is 0 Å². The van der Waals surface area contributed by atoms with Gasteiger partial charge in [0.25, 0.3) is 0 Å². The molecule has 0 N–H and O–H groups in total. The number of aromatic nitrogens is 2. The molecule has 3 rings (SSSR count). The molecule has 2 heterocycles. The Morgan fingerprint density at radius 2 is 1.90 bits per heavy atom. The van der Waals surface area contributed by atoms with Gasteiger partial charge in [-0.2, -0.15) is 5.10 Å². The monoisotopic (exact) mass is 276 g/mol. The van der Waals surface area contributed by atoms with E-state index in [2.05, 4.69) is 21.0 Å². The third kappa shape index (κ3) is 3.41. The highest BCUT2D eigenvalue weighted by atomic mass is 15.3. The van der Waals surface area contributed by atoms with E-state index in [0.29, 0.717) is 0 Å². The van der Waals surface area contributed by atoms with Crippen LogP contribution in [0.4, 0.5) is 0 Å². The maximum atomic E-state index is 4.27. The summed E-state index contributed by atoms with van der Waals surface area (Å²) in [7, 11) is 2.04. The largest absolute Gasteiger partial charge is 0.299 e. The number of hydrogen-bond acceptors (Lipinski definition) is 3. The van der Waals surface area contributed by atoms with Crippen molar-refractivity contribution in [3.05, 3.63) is 18.0 Å². The Bertz CT molecular complexity index is 408. The molecule has 0 atom stereocenters. The summed E-state index contributed by atoms with van der Waals surface area (Å²) in [5.74, 6) is 0. The van der Waals surface area contributed by atoms with Crippen LogP contribution in [0.5, 0.6) is 0 Å². The second kappa shape index (κ2) is 6.72. The fourth-order valence-electron chi connectivity index (χ4n) is 3.75. The first kappa shape index (κ1) is 14.1. The molecule has 1 aliphatic heterocycles. The lowest BCUT2D eigenvalue weighted by Crippen LogP contribution is -2.39. The Kier molecular flexibility index (Phi) is 4.73. The van der Waals surface area contributed by atoms with Crippen molar-refractivity contribution in [1.29, 1.82) is 0 Å². The first-order valence-electron chi connectivity index (χ1n) is 8.26. The molecule has 4 heteroatoms. The Morgan fingerprint density at radius 3 is 2.65 bits per heavy atom. The van der Waals surface area contributed by atoms with Crippen molar-refractivity contribution >= 4 is 0 Å². The molecule has 2 aliphatic rings. The average Bonchev–Trinajstić information content (AvgIpc) is 2.75. The summed E-state index contributed by atoms with van der Waals surface area (Å²) in [6.07, 6.45) is 10.4. The molecule has 0 bridgehead atoms. The first-order chi connectivity index (χ1) is 9.83. The van der Waals surface area contributed by atoms with Crippen LogP contribution in [-0.2, 0) is 13.6 Å². The van der Waals surface area contributed by atoms with Crippen LogP contribution >= 0.6 is 0 Å². The van der Waals surface area contributed by atoms with Gasteiger partial charge in [-0.3, -0.25) is 14.5 Å². The van der Waals surface area contributed by atoms with E-state index in [1.165, 1.54) is 70.4 Å². The molecule has 0 aromatic carbocycles. The predicted octanol–water partition coefficient (Wildman–Crippen LogP) is 2.26. The Hall–Kier alpha value is -0.870. The van der Waals surface area contributed by atoms with Crippen molar-refractivity contribution in [2.45, 2.75) is 51.1 Å².